The molecule has 0 spiro atoms. The zero-order valence-electron chi connectivity index (χ0n) is 11.9. The predicted molar refractivity (Wildman–Crippen MR) is 82.2 cm³/mol. The highest BCUT2D eigenvalue weighted by molar-refractivity contribution is 7.12. The Labute approximate surface area is 120 Å². The molecular formula is C15H23N3S. The molecule has 4 heteroatoms. The number of rotatable bonds is 4. The van der Waals surface area contributed by atoms with Gasteiger partial charge in [-0.05, 0) is 45.6 Å². The van der Waals surface area contributed by atoms with E-state index in [0.29, 0.717) is 6.54 Å². The smallest absolute Gasteiger partial charge is 0.0772 e. The second-order valence-corrected chi connectivity index (χ2v) is 6.41. The third-order valence-electron chi connectivity index (χ3n) is 3.59. The summed E-state index contributed by atoms with van der Waals surface area (Å²) in [5.41, 5.74) is 5.39. The van der Waals surface area contributed by atoms with Gasteiger partial charge in [0.1, 0.15) is 0 Å². The van der Waals surface area contributed by atoms with Crippen molar-refractivity contribution in [3.05, 3.63) is 21.9 Å². The Balaban J connectivity index is 1.84. The summed E-state index contributed by atoms with van der Waals surface area (Å²) in [6.07, 6.45) is 2.67. The Morgan fingerprint density at radius 1 is 1.53 bits per heavy atom. The first-order chi connectivity index (χ1) is 9.19. The zero-order valence-corrected chi connectivity index (χ0v) is 12.7. The quantitative estimate of drug-likeness (QED) is 0.848. The molecule has 0 radical (unpaired) electrons. The van der Waals surface area contributed by atoms with E-state index in [1.54, 1.807) is 11.3 Å². The number of nitrogens with zero attached hydrogens (tertiary/aromatic N) is 2. The van der Waals surface area contributed by atoms with Gasteiger partial charge in [-0.25, -0.2) is 0 Å². The lowest BCUT2D eigenvalue weighted by Gasteiger charge is -2.25. The number of hydrogen-bond acceptors (Lipinski definition) is 4. The van der Waals surface area contributed by atoms with E-state index in [-0.39, 0.29) is 0 Å². The molecule has 0 aromatic carbocycles. The average Bonchev–Trinajstić information content (AvgIpc) is 2.97. The van der Waals surface area contributed by atoms with Crippen molar-refractivity contribution in [1.82, 2.24) is 9.80 Å². The second kappa shape index (κ2) is 7.06. The lowest BCUT2D eigenvalue weighted by atomic mass is 10.2. The van der Waals surface area contributed by atoms with Crippen LogP contribution in [-0.2, 0) is 6.54 Å². The van der Waals surface area contributed by atoms with Crippen molar-refractivity contribution in [2.24, 2.45) is 5.73 Å². The third kappa shape index (κ3) is 4.32. The summed E-state index contributed by atoms with van der Waals surface area (Å²) in [5.74, 6) is 6.00. The van der Waals surface area contributed by atoms with E-state index in [0.717, 1.165) is 24.0 Å². The molecule has 0 amide bonds. The SMILES string of the molecule is CN(Cc1ccc(C#CCN)s1)CC1CCCN1C. The molecule has 19 heavy (non-hydrogen) atoms. The van der Waals surface area contributed by atoms with Crippen LogP contribution in [0.1, 0.15) is 22.6 Å². The molecule has 2 heterocycles. The highest BCUT2D eigenvalue weighted by Crippen LogP contribution is 2.19. The van der Waals surface area contributed by atoms with Crippen LogP contribution in [0.5, 0.6) is 0 Å². The van der Waals surface area contributed by atoms with Crippen LogP contribution in [0, 0.1) is 11.8 Å². The van der Waals surface area contributed by atoms with E-state index in [2.05, 4.69) is 47.9 Å². The molecule has 2 N–H and O–H groups in total. The first kappa shape index (κ1) is 14.5. The molecule has 1 aromatic rings. The monoisotopic (exact) mass is 277 g/mol. The van der Waals surface area contributed by atoms with Crippen LogP contribution in [0.4, 0.5) is 0 Å². The van der Waals surface area contributed by atoms with E-state index in [1.807, 2.05) is 0 Å². The Morgan fingerprint density at radius 2 is 2.37 bits per heavy atom. The summed E-state index contributed by atoms with van der Waals surface area (Å²) in [4.78, 5) is 7.39. The van der Waals surface area contributed by atoms with Crippen LogP contribution in [-0.4, -0.2) is 49.6 Å². The minimum atomic E-state index is 0.432. The topological polar surface area (TPSA) is 32.5 Å². The standard InChI is InChI=1S/C15H23N3S/c1-17(11-13-5-4-10-18(13)2)12-15-8-7-14(19-15)6-3-9-16/h7-8,13H,4-5,9-12,16H2,1-2H3. The molecule has 1 unspecified atom stereocenters. The summed E-state index contributed by atoms with van der Waals surface area (Å²) in [5, 5.41) is 0. The van der Waals surface area contributed by atoms with Gasteiger partial charge in [0.2, 0.25) is 0 Å². The van der Waals surface area contributed by atoms with Gasteiger partial charge in [-0.2, -0.15) is 0 Å². The summed E-state index contributed by atoms with van der Waals surface area (Å²) in [6, 6.07) is 5.00. The van der Waals surface area contributed by atoms with Crippen molar-refractivity contribution >= 4 is 11.3 Å². The van der Waals surface area contributed by atoms with Crippen molar-refractivity contribution < 1.29 is 0 Å². The maximum atomic E-state index is 5.39. The molecule has 1 saturated heterocycles. The molecule has 1 aliphatic rings. The van der Waals surface area contributed by atoms with Crippen LogP contribution in [0.15, 0.2) is 12.1 Å². The lowest BCUT2D eigenvalue weighted by molar-refractivity contribution is 0.216. The van der Waals surface area contributed by atoms with Crippen LogP contribution in [0.3, 0.4) is 0 Å². The maximum Gasteiger partial charge on any atom is 0.0772 e. The highest BCUT2D eigenvalue weighted by Gasteiger charge is 2.22. The van der Waals surface area contributed by atoms with Crippen LogP contribution >= 0.6 is 11.3 Å². The van der Waals surface area contributed by atoms with Gasteiger partial charge in [-0.1, -0.05) is 11.8 Å². The number of nitrogens with two attached hydrogens (primary N) is 1. The molecule has 1 atom stereocenters. The summed E-state index contributed by atoms with van der Waals surface area (Å²) in [6.45, 7) is 3.84. The molecule has 2 rings (SSSR count). The molecule has 3 nitrogen and oxygen atoms in total. The predicted octanol–water partition coefficient (Wildman–Crippen LogP) is 1.58. The van der Waals surface area contributed by atoms with Crippen molar-refractivity contribution in [2.45, 2.75) is 25.4 Å². The van der Waals surface area contributed by atoms with Crippen LogP contribution < -0.4 is 5.73 Å². The van der Waals surface area contributed by atoms with E-state index in [9.17, 15) is 0 Å². The zero-order chi connectivity index (χ0) is 13.7. The number of hydrogen-bond donors (Lipinski definition) is 1. The Kier molecular flexibility index (Phi) is 5.41. The summed E-state index contributed by atoms with van der Waals surface area (Å²) >= 11 is 1.78. The Bertz CT molecular complexity index is 457. The van der Waals surface area contributed by atoms with Crippen molar-refractivity contribution in [1.29, 1.82) is 0 Å². The van der Waals surface area contributed by atoms with E-state index in [1.165, 1.54) is 24.3 Å². The largest absolute Gasteiger partial charge is 0.320 e. The molecule has 104 valence electrons. The van der Waals surface area contributed by atoms with Crippen molar-refractivity contribution in [2.75, 3.05) is 33.7 Å². The molecule has 1 fully saturated rings. The highest BCUT2D eigenvalue weighted by atomic mass is 32.1. The van der Waals surface area contributed by atoms with E-state index >= 15 is 0 Å². The van der Waals surface area contributed by atoms with Gasteiger partial charge in [-0.15, -0.1) is 11.3 Å². The fourth-order valence-electron chi connectivity index (χ4n) is 2.57. The van der Waals surface area contributed by atoms with E-state index < -0.39 is 0 Å². The summed E-state index contributed by atoms with van der Waals surface area (Å²) in [7, 11) is 4.44. The lowest BCUT2D eigenvalue weighted by Crippen LogP contribution is -2.36. The third-order valence-corrected chi connectivity index (χ3v) is 4.58. The fraction of sp³-hybridized carbons (Fsp3) is 0.600. The second-order valence-electron chi connectivity index (χ2n) is 5.25. The molecule has 0 aliphatic carbocycles. The minimum absolute atomic E-state index is 0.432. The molecule has 0 bridgehead atoms. The fourth-order valence-corrected chi connectivity index (χ4v) is 3.53. The molecular weight excluding hydrogens is 254 g/mol. The molecule has 0 saturated carbocycles. The molecule has 1 aliphatic heterocycles. The number of likely N-dealkylation sites (N-methyl/N-ethyl adjacent to an activating group) is 2. The first-order valence-electron chi connectivity index (χ1n) is 6.85. The van der Waals surface area contributed by atoms with Gasteiger partial charge in [0.25, 0.3) is 0 Å². The van der Waals surface area contributed by atoms with Gasteiger partial charge in [0.15, 0.2) is 0 Å². The van der Waals surface area contributed by atoms with Crippen LogP contribution in [0.2, 0.25) is 0 Å². The minimum Gasteiger partial charge on any atom is -0.320 e. The number of thiophene rings is 1. The van der Waals surface area contributed by atoms with E-state index in [4.69, 9.17) is 5.73 Å². The maximum absolute atomic E-state index is 5.39. The normalized spacial score (nSPS) is 19.7. The van der Waals surface area contributed by atoms with Crippen molar-refractivity contribution in [3.8, 4) is 11.8 Å². The van der Waals surface area contributed by atoms with Crippen molar-refractivity contribution in [3.63, 3.8) is 0 Å². The Hall–Kier alpha value is -0.860. The van der Waals surface area contributed by atoms with Gasteiger partial charge in [0.05, 0.1) is 11.4 Å². The molecule has 1 aromatic heterocycles. The van der Waals surface area contributed by atoms with Gasteiger partial charge < -0.3 is 10.6 Å². The first-order valence-corrected chi connectivity index (χ1v) is 7.67. The number of likely N-dealkylation sites (tertiary alicyclic amines) is 1. The Morgan fingerprint density at radius 3 is 3.05 bits per heavy atom. The van der Waals surface area contributed by atoms with Gasteiger partial charge in [0, 0.05) is 24.0 Å². The van der Waals surface area contributed by atoms with Gasteiger partial charge >= 0.3 is 0 Å². The van der Waals surface area contributed by atoms with Crippen LogP contribution in [0.25, 0.3) is 0 Å². The van der Waals surface area contributed by atoms with Gasteiger partial charge in [-0.3, -0.25) is 4.90 Å². The average molecular weight is 277 g/mol. The summed E-state index contributed by atoms with van der Waals surface area (Å²) < 4.78 is 0.